The maximum absolute atomic E-state index is 14.1. The quantitative estimate of drug-likeness (QED) is 0.648. The van der Waals surface area contributed by atoms with Gasteiger partial charge in [-0.1, -0.05) is 13.5 Å². The first-order valence-corrected chi connectivity index (χ1v) is 10.1. The number of halogens is 1. The van der Waals surface area contributed by atoms with E-state index in [9.17, 15) is 14.3 Å². The van der Waals surface area contributed by atoms with E-state index in [-0.39, 0.29) is 17.8 Å². The van der Waals surface area contributed by atoms with Crippen LogP contribution in [0.4, 0.5) is 4.39 Å². The van der Waals surface area contributed by atoms with Gasteiger partial charge in [0, 0.05) is 18.3 Å². The highest BCUT2D eigenvalue weighted by atomic mass is 19.1. The lowest BCUT2D eigenvalue weighted by Crippen LogP contribution is -2.43. The number of aryl methyl sites for hydroxylation is 1. The van der Waals surface area contributed by atoms with Crippen molar-refractivity contribution in [3.8, 4) is 22.6 Å². The predicted octanol–water partition coefficient (Wildman–Crippen LogP) is 3.96. The Kier molecular flexibility index (Phi) is 5.44. The van der Waals surface area contributed by atoms with E-state index in [1.54, 1.807) is 17.4 Å². The number of rotatable bonds is 5. The minimum atomic E-state index is -0.666. The number of benzene rings is 1. The van der Waals surface area contributed by atoms with Gasteiger partial charge in [0.1, 0.15) is 17.4 Å². The van der Waals surface area contributed by atoms with Gasteiger partial charge in [-0.25, -0.2) is 9.37 Å². The summed E-state index contributed by atoms with van der Waals surface area (Å²) in [5.74, 6) is -0.497. The number of nitrogens with zero attached hydrogens (tertiary/aromatic N) is 3. The second-order valence-electron chi connectivity index (χ2n) is 7.46. The molecule has 1 amide bonds. The van der Waals surface area contributed by atoms with E-state index >= 15 is 0 Å². The molecule has 0 radical (unpaired) electrons. The molecule has 4 rings (SSSR count). The molecule has 3 heterocycles. The topological polar surface area (TPSA) is 67.1 Å². The number of hydrogen-bond acceptors (Lipinski definition) is 4. The highest BCUT2D eigenvalue weighted by molar-refractivity contribution is 5.87. The average molecular weight is 409 g/mol. The number of phenolic OH excluding ortho intramolecular Hbond substituents is 1. The van der Waals surface area contributed by atoms with E-state index in [2.05, 4.69) is 11.6 Å². The molecule has 0 spiro atoms. The molecule has 1 aromatic carbocycles. The molecular formula is C23H24FN3O3. The Balaban J connectivity index is 1.72. The van der Waals surface area contributed by atoms with E-state index in [0.29, 0.717) is 30.8 Å². The number of piperidine rings is 1. The normalized spacial score (nSPS) is 16.6. The molecule has 2 aromatic heterocycles. The molecule has 7 heteroatoms. The maximum atomic E-state index is 14.1. The van der Waals surface area contributed by atoms with Crippen molar-refractivity contribution in [3.63, 3.8) is 0 Å². The third-order valence-corrected chi connectivity index (χ3v) is 5.51. The van der Waals surface area contributed by atoms with Crippen molar-refractivity contribution in [2.75, 3.05) is 13.1 Å². The number of amides is 1. The van der Waals surface area contributed by atoms with Crippen molar-refractivity contribution in [1.82, 2.24) is 14.3 Å². The molecule has 1 aliphatic rings. The minimum Gasteiger partial charge on any atom is -0.505 e. The van der Waals surface area contributed by atoms with Crippen LogP contribution in [0.15, 0.2) is 49.6 Å². The van der Waals surface area contributed by atoms with Crippen LogP contribution in [0.25, 0.3) is 16.6 Å². The number of aromatic hydroxyl groups is 1. The largest absolute Gasteiger partial charge is 0.505 e. The molecule has 1 atom stereocenters. The van der Waals surface area contributed by atoms with Crippen molar-refractivity contribution in [2.24, 2.45) is 0 Å². The SMILES string of the molecule is C=CC(=O)N1CCC[C@H](Oc2cc(-c3cc(F)c(O)cc3CC)cn3cncc23)C1. The van der Waals surface area contributed by atoms with Crippen molar-refractivity contribution < 1.29 is 19.0 Å². The van der Waals surface area contributed by atoms with Gasteiger partial charge in [0.15, 0.2) is 11.6 Å². The number of carbonyl (C=O) groups excluding carboxylic acids is 1. The number of pyridine rings is 1. The fraction of sp³-hybridized carbons (Fsp3) is 0.304. The van der Waals surface area contributed by atoms with Crippen LogP contribution in [-0.4, -0.2) is 44.5 Å². The molecule has 0 saturated carbocycles. The predicted molar refractivity (Wildman–Crippen MR) is 112 cm³/mol. The molecule has 3 aromatic rings. The molecule has 1 saturated heterocycles. The smallest absolute Gasteiger partial charge is 0.246 e. The van der Waals surface area contributed by atoms with Crippen LogP contribution in [0.3, 0.4) is 0 Å². The first-order valence-electron chi connectivity index (χ1n) is 10.1. The van der Waals surface area contributed by atoms with Gasteiger partial charge in [0.05, 0.1) is 19.1 Å². The third kappa shape index (κ3) is 3.75. The summed E-state index contributed by atoms with van der Waals surface area (Å²) in [6.07, 6.45) is 8.75. The number of ether oxygens (including phenoxy) is 1. The summed E-state index contributed by atoms with van der Waals surface area (Å²) in [7, 11) is 0. The average Bonchev–Trinajstić information content (AvgIpc) is 3.24. The summed E-state index contributed by atoms with van der Waals surface area (Å²) in [5, 5.41) is 9.75. The molecule has 30 heavy (non-hydrogen) atoms. The second kappa shape index (κ2) is 8.18. The van der Waals surface area contributed by atoms with Gasteiger partial charge in [0.25, 0.3) is 0 Å². The third-order valence-electron chi connectivity index (χ3n) is 5.51. The summed E-state index contributed by atoms with van der Waals surface area (Å²) < 4.78 is 22.3. The summed E-state index contributed by atoms with van der Waals surface area (Å²) in [4.78, 5) is 17.9. The lowest BCUT2D eigenvalue weighted by molar-refractivity contribution is -0.128. The zero-order chi connectivity index (χ0) is 21.3. The molecular weight excluding hydrogens is 385 g/mol. The molecule has 0 unspecified atom stereocenters. The highest BCUT2D eigenvalue weighted by Crippen LogP contribution is 2.34. The van der Waals surface area contributed by atoms with E-state index < -0.39 is 5.82 Å². The first-order chi connectivity index (χ1) is 14.5. The molecule has 1 fully saturated rings. The van der Waals surface area contributed by atoms with Gasteiger partial charge < -0.3 is 19.1 Å². The number of fused-ring (bicyclic) bond motifs is 1. The number of imidazole rings is 1. The summed E-state index contributed by atoms with van der Waals surface area (Å²) >= 11 is 0. The van der Waals surface area contributed by atoms with Crippen molar-refractivity contribution in [3.05, 3.63) is 61.0 Å². The lowest BCUT2D eigenvalue weighted by atomic mass is 9.98. The Morgan fingerprint density at radius 1 is 1.43 bits per heavy atom. The Bertz CT molecular complexity index is 1110. The van der Waals surface area contributed by atoms with E-state index in [1.807, 2.05) is 23.6 Å². The van der Waals surface area contributed by atoms with Gasteiger partial charge in [-0.2, -0.15) is 0 Å². The van der Waals surface area contributed by atoms with Crippen LogP contribution in [-0.2, 0) is 11.2 Å². The van der Waals surface area contributed by atoms with Gasteiger partial charge in [-0.05, 0) is 54.7 Å². The molecule has 1 N–H and O–H groups in total. The fourth-order valence-electron chi connectivity index (χ4n) is 3.95. The Morgan fingerprint density at radius 2 is 2.27 bits per heavy atom. The first kappa shape index (κ1) is 19.9. The van der Waals surface area contributed by atoms with Crippen LogP contribution in [0.5, 0.6) is 11.5 Å². The number of likely N-dealkylation sites (tertiary alicyclic amines) is 1. The molecule has 1 aliphatic heterocycles. The van der Waals surface area contributed by atoms with Crippen LogP contribution < -0.4 is 4.74 Å². The molecule has 0 bridgehead atoms. The summed E-state index contributed by atoms with van der Waals surface area (Å²) in [5.41, 5.74) is 3.09. The Labute approximate surface area is 174 Å². The molecule has 6 nitrogen and oxygen atoms in total. The monoisotopic (exact) mass is 409 g/mol. The van der Waals surface area contributed by atoms with E-state index in [0.717, 1.165) is 29.5 Å². The second-order valence-corrected chi connectivity index (χ2v) is 7.46. The molecule has 0 aliphatic carbocycles. The Morgan fingerprint density at radius 3 is 3.03 bits per heavy atom. The number of hydrogen-bond donors (Lipinski definition) is 1. The zero-order valence-electron chi connectivity index (χ0n) is 16.8. The lowest BCUT2D eigenvalue weighted by Gasteiger charge is -2.32. The highest BCUT2D eigenvalue weighted by Gasteiger charge is 2.24. The van der Waals surface area contributed by atoms with Crippen LogP contribution in [0, 0.1) is 5.82 Å². The van der Waals surface area contributed by atoms with Crippen molar-refractivity contribution in [1.29, 1.82) is 0 Å². The molecule has 156 valence electrons. The maximum Gasteiger partial charge on any atom is 0.246 e. The van der Waals surface area contributed by atoms with E-state index in [4.69, 9.17) is 4.74 Å². The summed E-state index contributed by atoms with van der Waals surface area (Å²) in [6.45, 7) is 6.70. The van der Waals surface area contributed by atoms with Gasteiger partial charge in [-0.15, -0.1) is 0 Å². The van der Waals surface area contributed by atoms with Crippen molar-refractivity contribution >= 4 is 11.4 Å². The number of aromatic nitrogens is 2. The van der Waals surface area contributed by atoms with Crippen molar-refractivity contribution in [2.45, 2.75) is 32.3 Å². The van der Waals surface area contributed by atoms with Gasteiger partial charge >= 0.3 is 0 Å². The summed E-state index contributed by atoms with van der Waals surface area (Å²) in [6, 6.07) is 4.68. The number of carbonyl (C=O) groups is 1. The van der Waals surface area contributed by atoms with E-state index in [1.165, 1.54) is 18.2 Å². The number of phenols is 1. The standard InChI is InChI=1S/C23H24FN3O3/c1-3-15-8-21(28)19(24)10-18(15)16-9-22(20-11-25-14-27(20)12-16)30-17-6-5-7-26(13-17)23(29)4-2/h4,8-12,14,17,28H,2-3,5-7,13H2,1H3/t17-/m0/s1. The fourth-order valence-corrected chi connectivity index (χ4v) is 3.95. The zero-order valence-corrected chi connectivity index (χ0v) is 16.8. The van der Waals surface area contributed by atoms with Gasteiger partial charge in [0.2, 0.25) is 5.91 Å². The van der Waals surface area contributed by atoms with Gasteiger partial charge in [-0.3, -0.25) is 4.79 Å². The van der Waals surface area contributed by atoms with Crippen LogP contribution in [0.1, 0.15) is 25.3 Å². The Hall–Kier alpha value is -3.35. The van der Waals surface area contributed by atoms with Crippen LogP contribution >= 0.6 is 0 Å². The van der Waals surface area contributed by atoms with Crippen LogP contribution in [0.2, 0.25) is 0 Å². The minimum absolute atomic E-state index is 0.0984.